The van der Waals surface area contributed by atoms with Crippen molar-refractivity contribution in [2.24, 2.45) is 5.73 Å². The summed E-state index contributed by atoms with van der Waals surface area (Å²) in [5.41, 5.74) is 6.52. The third kappa shape index (κ3) is 10.4. The van der Waals surface area contributed by atoms with Gasteiger partial charge in [0.1, 0.15) is 5.76 Å². The molecule has 2 aromatic carbocycles. The highest BCUT2D eigenvalue weighted by molar-refractivity contribution is 5.94. The molecule has 0 atom stereocenters. The predicted octanol–water partition coefficient (Wildman–Crippen LogP) is 2.25. The number of carbonyl (C=O) groups excluding carboxylic acids is 1. The summed E-state index contributed by atoms with van der Waals surface area (Å²) < 4.78 is 43.7. The molecule has 0 radical (unpaired) electrons. The van der Waals surface area contributed by atoms with Crippen molar-refractivity contribution in [3.05, 3.63) is 58.3 Å². The minimum absolute atomic E-state index is 0.213. The van der Waals surface area contributed by atoms with Crippen molar-refractivity contribution in [1.82, 2.24) is 5.32 Å². The number of amides is 1. The van der Waals surface area contributed by atoms with Crippen LogP contribution in [0.25, 0.3) is 22.3 Å². The number of nitrogens with two attached hydrogens (primary N) is 1. The van der Waals surface area contributed by atoms with Crippen LogP contribution in [-0.2, 0) is 23.7 Å². The van der Waals surface area contributed by atoms with Crippen LogP contribution in [0.3, 0.4) is 0 Å². The van der Waals surface area contributed by atoms with Crippen LogP contribution >= 0.6 is 0 Å². The lowest BCUT2D eigenvalue weighted by atomic mass is 10.1. The molecule has 0 saturated heterocycles. The summed E-state index contributed by atoms with van der Waals surface area (Å²) in [5, 5.41) is 3.20. The van der Waals surface area contributed by atoms with Crippen molar-refractivity contribution in [2.75, 3.05) is 93.4 Å². The molecule has 12 heteroatoms. The summed E-state index contributed by atoms with van der Waals surface area (Å²) in [6.07, 6.45) is 0. The number of hydrogen-bond acceptors (Lipinski definition) is 11. The van der Waals surface area contributed by atoms with Crippen LogP contribution < -0.4 is 26.0 Å². The zero-order valence-electron chi connectivity index (χ0n) is 24.2. The minimum Gasteiger partial charge on any atom is -0.493 e. The fraction of sp³-hybridized carbons (Fsp3) is 0.467. The van der Waals surface area contributed by atoms with E-state index in [2.05, 4.69) is 5.32 Å². The zero-order valence-corrected chi connectivity index (χ0v) is 24.2. The van der Waals surface area contributed by atoms with E-state index < -0.39 is 0 Å². The van der Waals surface area contributed by atoms with Crippen LogP contribution in [0.5, 0.6) is 11.5 Å². The topological polar surface area (TPSA) is 150 Å². The van der Waals surface area contributed by atoms with Gasteiger partial charge in [-0.2, -0.15) is 0 Å². The van der Waals surface area contributed by atoms with E-state index >= 15 is 0 Å². The van der Waals surface area contributed by atoms with Crippen LogP contribution in [0.15, 0.2) is 51.7 Å². The first-order valence-corrected chi connectivity index (χ1v) is 13.7. The highest BCUT2D eigenvalue weighted by Gasteiger charge is 2.16. The summed E-state index contributed by atoms with van der Waals surface area (Å²) >= 11 is 0. The number of carbonyl (C=O) groups is 1. The van der Waals surface area contributed by atoms with E-state index in [1.807, 2.05) is 0 Å². The lowest BCUT2D eigenvalue weighted by Crippen LogP contribution is -2.27. The van der Waals surface area contributed by atoms with Gasteiger partial charge in [0.15, 0.2) is 16.8 Å². The Morgan fingerprint density at radius 2 is 1.33 bits per heavy atom. The monoisotopic (exact) mass is 588 g/mol. The lowest BCUT2D eigenvalue weighted by molar-refractivity contribution is -0.0102. The predicted molar refractivity (Wildman–Crippen MR) is 157 cm³/mol. The Bertz CT molecular complexity index is 1280. The second-order valence-corrected chi connectivity index (χ2v) is 8.84. The maximum Gasteiger partial charge on any atom is 0.251 e. The molecule has 3 N–H and O–H groups in total. The maximum absolute atomic E-state index is 12.7. The third-order valence-electron chi connectivity index (χ3n) is 5.95. The number of hydrogen-bond donors (Lipinski definition) is 2. The molecular weight excluding hydrogens is 548 g/mol. The van der Waals surface area contributed by atoms with E-state index in [-0.39, 0.29) is 11.3 Å². The zero-order chi connectivity index (χ0) is 30.0. The molecule has 0 bridgehead atoms. The lowest BCUT2D eigenvalue weighted by Gasteiger charge is -2.11. The van der Waals surface area contributed by atoms with Crippen LogP contribution in [0, 0.1) is 0 Å². The van der Waals surface area contributed by atoms with Gasteiger partial charge in [-0.15, -0.1) is 0 Å². The normalized spacial score (nSPS) is 11.1. The molecule has 3 aromatic rings. The van der Waals surface area contributed by atoms with E-state index in [1.165, 1.54) is 20.3 Å². The van der Waals surface area contributed by atoms with Gasteiger partial charge in [-0.3, -0.25) is 9.59 Å². The molecule has 0 unspecified atom stereocenters. The van der Waals surface area contributed by atoms with Crippen LogP contribution in [0.1, 0.15) is 10.4 Å². The van der Waals surface area contributed by atoms with Gasteiger partial charge in [0.05, 0.1) is 85.7 Å². The Morgan fingerprint density at radius 3 is 1.88 bits per heavy atom. The Kier molecular flexibility index (Phi) is 14.8. The van der Waals surface area contributed by atoms with Gasteiger partial charge in [0.2, 0.25) is 5.75 Å². The Balaban J connectivity index is 1.31. The summed E-state index contributed by atoms with van der Waals surface area (Å²) in [4.78, 5) is 25.2. The van der Waals surface area contributed by atoms with Crippen molar-refractivity contribution in [3.63, 3.8) is 0 Å². The highest BCUT2D eigenvalue weighted by atomic mass is 16.6. The number of ether oxygens (including phenoxy) is 7. The molecule has 0 aliphatic heterocycles. The molecule has 3 rings (SSSR count). The minimum atomic E-state index is -0.239. The van der Waals surface area contributed by atoms with Crippen molar-refractivity contribution in [3.8, 4) is 22.8 Å². The molecule has 1 aromatic heterocycles. The van der Waals surface area contributed by atoms with Gasteiger partial charge in [-0.05, 0) is 24.3 Å². The van der Waals surface area contributed by atoms with Crippen molar-refractivity contribution >= 4 is 16.9 Å². The van der Waals surface area contributed by atoms with Gasteiger partial charge in [-0.25, -0.2) is 0 Å². The highest BCUT2D eigenvalue weighted by Crippen LogP contribution is 2.36. The number of rotatable bonds is 21. The van der Waals surface area contributed by atoms with Crippen LogP contribution in [0.4, 0.5) is 0 Å². The largest absolute Gasteiger partial charge is 0.493 e. The van der Waals surface area contributed by atoms with E-state index in [0.29, 0.717) is 119 Å². The number of benzene rings is 2. The Labute approximate surface area is 244 Å². The van der Waals surface area contributed by atoms with Crippen LogP contribution in [-0.4, -0.2) is 99.3 Å². The maximum atomic E-state index is 12.7. The first-order chi connectivity index (χ1) is 20.6. The van der Waals surface area contributed by atoms with Crippen molar-refractivity contribution < 1.29 is 42.4 Å². The van der Waals surface area contributed by atoms with E-state index in [4.69, 9.17) is 43.3 Å². The SMILES string of the molecule is COc1ccc2c(=O)cc(-c3ccc(C(=O)NCCOCCOCCOCCOCCOCCN)cc3)oc2c1OC. The Hall–Kier alpha value is -3.52. The molecule has 0 aliphatic carbocycles. The standard InChI is InChI=1S/C30H40N2O10/c1-35-26-8-7-24-25(33)21-27(42-28(24)29(26)36-2)22-3-5-23(6-4-22)30(34)32-10-12-38-14-16-40-18-20-41-19-17-39-15-13-37-11-9-31/h3-8,21H,9-20,31H2,1-2H3,(H,32,34). The second kappa shape index (κ2) is 18.8. The fourth-order valence-electron chi connectivity index (χ4n) is 3.86. The Morgan fingerprint density at radius 1 is 0.762 bits per heavy atom. The summed E-state index contributed by atoms with van der Waals surface area (Å²) in [6.45, 7) is 5.54. The van der Waals surface area contributed by atoms with Gasteiger partial charge >= 0.3 is 0 Å². The number of methoxy groups -OCH3 is 2. The summed E-state index contributed by atoms with van der Waals surface area (Å²) in [6, 6.07) is 11.5. The molecule has 0 saturated carbocycles. The molecule has 0 spiro atoms. The first kappa shape index (κ1) is 33.0. The van der Waals surface area contributed by atoms with Crippen molar-refractivity contribution in [2.45, 2.75) is 0 Å². The van der Waals surface area contributed by atoms with E-state index in [9.17, 15) is 9.59 Å². The number of fused-ring (bicyclic) bond motifs is 1. The van der Waals surface area contributed by atoms with E-state index in [0.717, 1.165) is 0 Å². The molecule has 230 valence electrons. The second-order valence-electron chi connectivity index (χ2n) is 8.84. The smallest absolute Gasteiger partial charge is 0.251 e. The average Bonchev–Trinajstić information content (AvgIpc) is 3.01. The van der Waals surface area contributed by atoms with Crippen LogP contribution in [0.2, 0.25) is 0 Å². The molecular formula is C30H40N2O10. The fourth-order valence-corrected chi connectivity index (χ4v) is 3.86. The summed E-state index contributed by atoms with van der Waals surface area (Å²) in [5.74, 6) is 0.906. The molecule has 1 amide bonds. The first-order valence-electron chi connectivity index (χ1n) is 13.7. The molecule has 42 heavy (non-hydrogen) atoms. The average molecular weight is 589 g/mol. The van der Waals surface area contributed by atoms with E-state index in [1.54, 1.807) is 36.4 Å². The third-order valence-corrected chi connectivity index (χ3v) is 5.95. The van der Waals surface area contributed by atoms with Gasteiger partial charge in [-0.1, -0.05) is 12.1 Å². The van der Waals surface area contributed by atoms with Gasteiger partial charge in [0.25, 0.3) is 5.91 Å². The molecule has 12 nitrogen and oxygen atoms in total. The number of nitrogens with one attached hydrogen (secondary N) is 1. The summed E-state index contributed by atoms with van der Waals surface area (Å²) in [7, 11) is 3.00. The molecule has 1 heterocycles. The van der Waals surface area contributed by atoms with Gasteiger partial charge < -0.3 is 48.6 Å². The van der Waals surface area contributed by atoms with Gasteiger partial charge in [0, 0.05) is 30.3 Å². The van der Waals surface area contributed by atoms with Crippen molar-refractivity contribution in [1.29, 1.82) is 0 Å². The molecule has 0 fully saturated rings. The quantitative estimate of drug-likeness (QED) is 0.176. The molecule has 0 aliphatic rings.